The van der Waals surface area contributed by atoms with E-state index in [2.05, 4.69) is 14.7 Å². The summed E-state index contributed by atoms with van der Waals surface area (Å²) in [5.74, 6) is 1.65. The summed E-state index contributed by atoms with van der Waals surface area (Å²) in [6.45, 7) is 5.16. The van der Waals surface area contributed by atoms with Crippen molar-refractivity contribution >= 4 is 17.9 Å². The molecule has 206 valence electrons. The third-order valence-electron chi connectivity index (χ3n) is 7.26. The van der Waals surface area contributed by atoms with Crippen molar-refractivity contribution in [3.63, 3.8) is 0 Å². The number of halogens is 4. The maximum atomic E-state index is 13.2. The molecule has 1 aromatic heterocycles. The molecule has 0 saturated carbocycles. The Balaban J connectivity index is 1.17. The van der Waals surface area contributed by atoms with Crippen molar-refractivity contribution < 1.29 is 27.1 Å². The zero-order chi connectivity index (χ0) is 27.4. The summed E-state index contributed by atoms with van der Waals surface area (Å²) in [4.78, 5) is 23.2. The molecule has 0 bridgehead atoms. The number of pyridine rings is 1. The van der Waals surface area contributed by atoms with Gasteiger partial charge in [0.2, 0.25) is 0 Å². The minimum absolute atomic E-state index is 0.0964. The van der Waals surface area contributed by atoms with Crippen molar-refractivity contribution in [3.8, 4) is 5.75 Å². The second kappa shape index (κ2) is 11.6. The topological polar surface area (TPSA) is 48.9 Å². The highest BCUT2D eigenvalue weighted by molar-refractivity contribution is 5.83. The van der Waals surface area contributed by atoms with Crippen LogP contribution in [-0.2, 0) is 12.7 Å². The Labute approximate surface area is 224 Å². The number of benzene rings is 2. The molecule has 0 unspecified atom stereocenters. The highest BCUT2D eigenvalue weighted by Crippen LogP contribution is 2.31. The maximum absolute atomic E-state index is 13.2. The van der Waals surface area contributed by atoms with Gasteiger partial charge in [0, 0.05) is 58.7 Å². The van der Waals surface area contributed by atoms with Crippen molar-refractivity contribution in [2.45, 2.75) is 31.7 Å². The molecule has 0 radical (unpaired) electrons. The first-order valence-electron chi connectivity index (χ1n) is 13.1. The number of hydrogen-bond acceptors (Lipinski definition) is 6. The summed E-state index contributed by atoms with van der Waals surface area (Å²) < 4.78 is 57.5. The van der Waals surface area contributed by atoms with Crippen LogP contribution in [0.4, 0.5) is 29.2 Å². The van der Waals surface area contributed by atoms with Crippen LogP contribution in [0.5, 0.6) is 5.75 Å². The monoisotopic (exact) mass is 542 g/mol. The van der Waals surface area contributed by atoms with Crippen LogP contribution in [-0.4, -0.2) is 61.5 Å². The average Bonchev–Trinajstić information content (AvgIpc) is 2.95. The lowest BCUT2D eigenvalue weighted by Gasteiger charge is -2.37. The van der Waals surface area contributed by atoms with Crippen LogP contribution in [0.15, 0.2) is 60.7 Å². The van der Waals surface area contributed by atoms with Gasteiger partial charge in [-0.1, -0.05) is 12.1 Å². The molecule has 39 heavy (non-hydrogen) atoms. The fraction of sp³-hybridized carbons (Fsp3) is 0.379. The average molecular weight is 543 g/mol. The van der Waals surface area contributed by atoms with Crippen molar-refractivity contribution in [1.82, 2.24) is 9.88 Å². The summed E-state index contributed by atoms with van der Waals surface area (Å²) in [6.07, 6.45) is -2.22. The van der Waals surface area contributed by atoms with E-state index in [0.717, 1.165) is 62.5 Å². The molecule has 10 heteroatoms. The van der Waals surface area contributed by atoms with Gasteiger partial charge in [0.1, 0.15) is 29.3 Å². The fourth-order valence-electron chi connectivity index (χ4n) is 5.05. The molecule has 2 aliphatic rings. The van der Waals surface area contributed by atoms with Crippen LogP contribution in [0.3, 0.4) is 0 Å². The lowest BCUT2D eigenvalue weighted by atomic mass is 10.1. The Bertz CT molecular complexity index is 1250. The van der Waals surface area contributed by atoms with Gasteiger partial charge in [-0.3, -0.25) is 9.69 Å². The standard InChI is InChI=1S/C29H30F4N4O2/c30-24-6-1-21(2-7-24)19-35-15-17-37(18-16-35)28-22(20-38)3-10-27(34-28)36-13-11-26(12-14-36)39-25-8-4-23(5-9-25)29(31,32)33/h1-10,20,26H,11-19H2. The quantitative estimate of drug-likeness (QED) is 0.294. The SMILES string of the molecule is O=Cc1ccc(N2CCC(Oc3ccc(C(F)(F)F)cc3)CC2)nc1N1CCN(Cc2ccc(F)cc2)CC1. The fourth-order valence-corrected chi connectivity index (χ4v) is 5.05. The van der Waals surface area contributed by atoms with Gasteiger partial charge in [0.25, 0.3) is 0 Å². The number of alkyl halides is 3. The van der Waals surface area contributed by atoms with Crippen molar-refractivity contribution in [1.29, 1.82) is 0 Å². The summed E-state index contributed by atoms with van der Waals surface area (Å²) in [7, 11) is 0. The maximum Gasteiger partial charge on any atom is 0.416 e. The largest absolute Gasteiger partial charge is 0.490 e. The predicted molar refractivity (Wildman–Crippen MR) is 141 cm³/mol. The number of carbonyl (C=O) groups excluding carboxylic acids is 1. The molecule has 2 saturated heterocycles. The van der Waals surface area contributed by atoms with Crippen LogP contribution in [0.1, 0.15) is 34.3 Å². The summed E-state index contributed by atoms with van der Waals surface area (Å²) in [5, 5.41) is 0. The van der Waals surface area contributed by atoms with Crippen LogP contribution in [0.2, 0.25) is 0 Å². The number of carbonyl (C=O) groups is 1. The van der Waals surface area contributed by atoms with Gasteiger partial charge >= 0.3 is 6.18 Å². The van der Waals surface area contributed by atoms with Crippen LogP contribution in [0.25, 0.3) is 0 Å². The van der Waals surface area contributed by atoms with Gasteiger partial charge in [0.15, 0.2) is 6.29 Å². The van der Waals surface area contributed by atoms with Crippen molar-refractivity contribution in [2.24, 2.45) is 0 Å². The first-order chi connectivity index (χ1) is 18.8. The predicted octanol–water partition coefficient (Wildman–Crippen LogP) is 5.42. The summed E-state index contributed by atoms with van der Waals surface area (Å²) in [5.41, 5.74) is 0.912. The molecular weight excluding hydrogens is 512 g/mol. The van der Waals surface area contributed by atoms with E-state index < -0.39 is 11.7 Å². The number of hydrogen-bond donors (Lipinski definition) is 0. The first kappa shape index (κ1) is 26.9. The van der Waals surface area contributed by atoms with Gasteiger partial charge in [-0.15, -0.1) is 0 Å². The van der Waals surface area contributed by atoms with Crippen LogP contribution >= 0.6 is 0 Å². The molecule has 0 aliphatic carbocycles. The molecule has 0 N–H and O–H groups in total. The second-order valence-corrected chi connectivity index (χ2v) is 9.92. The third kappa shape index (κ3) is 6.68. The molecule has 0 atom stereocenters. The van der Waals surface area contributed by atoms with Gasteiger partial charge in [-0.2, -0.15) is 13.2 Å². The van der Waals surface area contributed by atoms with E-state index >= 15 is 0 Å². The molecular formula is C29H30F4N4O2. The first-order valence-corrected chi connectivity index (χ1v) is 13.1. The van der Waals surface area contributed by atoms with Gasteiger partial charge < -0.3 is 14.5 Å². The van der Waals surface area contributed by atoms with Crippen molar-refractivity contribution in [2.75, 3.05) is 49.1 Å². The van der Waals surface area contributed by atoms with Crippen LogP contribution in [0, 0.1) is 5.82 Å². The minimum Gasteiger partial charge on any atom is -0.490 e. The zero-order valence-electron chi connectivity index (χ0n) is 21.4. The normalized spacial score (nSPS) is 17.3. The Morgan fingerprint density at radius 1 is 0.846 bits per heavy atom. The molecule has 0 amide bonds. The number of rotatable bonds is 7. The van der Waals surface area contributed by atoms with E-state index in [1.807, 2.05) is 6.07 Å². The van der Waals surface area contributed by atoms with E-state index in [0.29, 0.717) is 43.1 Å². The Morgan fingerprint density at radius 2 is 1.51 bits per heavy atom. The lowest BCUT2D eigenvalue weighted by Crippen LogP contribution is -2.46. The number of aromatic nitrogens is 1. The minimum atomic E-state index is -4.37. The van der Waals surface area contributed by atoms with E-state index in [-0.39, 0.29) is 11.9 Å². The summed E-state index contributed by atoms with van der Waals surface area (Å²) in [6, 6.07) is 15.0. The van der Waals surface area contributed by atoms with Crippen LogP contribution < -0.4 is 14.5 Å². The number of aldehydes is 1. The van der Waals surface area contributed by atoms with E-state index in [1.165, 1.54) is 24.3 Å². The molecule has 0 spiro atoms. The lowest BCUT2D eigenvalue weighted by molar-refractivity contribution is -0.137. The number of anilines is 2. The molecule has 2 aliphatic heterocycles. The van der Waals surface area contributed by atoms with E-state index in [1.54, 1.807) is 18.2 Å². The molecule has 5 rings (SSSR count). The third-order valence-corrected chi connectivity index (χ3v) is 7.26. The molecule has 3 heterocycles. The molecule has 2 fully saturated rings. The van der Waals surface area contributed by atoms with E-state index in [9.17, 15) is 22.4 Å². The molecule has 3 aromatic rings. The van der Waals surface area contributed by atoms with Gasteiger partial charge in [-0.05, 0) is 54.1 Å². The smallest absolute Gasteiger partial charge is 0.416 e. The summed E-state index contributed by atoms with van der Waals surface area (Å²) >= 11 is 0. The van der Waals surface area contributed by atoms with Gasteiger partial charge in [0.05, 0.1) is 11.1 Å². The van der Waals surface area contributed by atoms with Crippen molar-refractivity contribution in [3.05, 3.63) is 83.2 Å². The number of piperidine rings is 1. The Hall–Kier alpha value is -3.66. The highest BCUT2D eigenvalue weighted by Gasteiger charge is 2.30. The Kier molecular flexibility index (Phi) is 8.02. The molecule has 2 aromatic carbocycles. The highest BCUT2D eigenvalue weighted by atomic mass is 19.4. The number of ether oxygens (including phenoxy) is 1. The number of piperazine rings is 1. The van der Waals surface area contributed by atoms with Gasteiger partial charge in [-0.25, -0.2) is 9.37 Å². The second-order valence-electron chi connectivity index (χ2n) is 9.92. The Morgan fingerprint density at radius 3 is 2.13 bits per heavy atom. The van der Waals surface area contributed by atoms with E-state index in [4.69, 9.17) is 9.72 Å². The molecule has 6 nitrogen and oxygen atoms in total. The zero-order valence-corrected chi connectivity index (χ0v) is 21.4. The number of nitrogens with zero attached hydrogens (tertiary/aromatic N) is 4.